The first-order chi connectivity index (χ1) is 23.1. The van der Waals surface area contributed by atoms with Crippen LogP contribution in [0.2, 0.25) is 39.3 Å². The van der Waals surface area contributed by atoms with E-state index in [1.54, 1.807) is 0 Å². The summed E-state index contributed by atoms with van der Waals surface area (Å²) in [5.41, 5.74) is 12.3. The first-order valence-corrected chi connectivity index (χ1v) is 24.0. The molecule has 0 amide bonds. The van der Waals surface area contributed by atoms with Crippen molar-refractivity contribution in [1.29, 1.82) is 0 Å². The van der Waals surface area contributed by atoms with Crippen LogP contribution in [0.1, 0.15) is 49.9 Å². The third-order valence-electron chi connectivity index (χ3n) is 7.24. The third-order valence-corrected chi connectivity index (χ3v) is 12.6. The quantitative estimate of drug-likeness (QED) is 0.143. The number of rotatable bonds is 2. The van der Waals surface area contributed by atoms with E-state index in [-0.39, 0.29) is 46.4 Å². The van der Waals surface area contributed by atoms with Crippen LogP contribution in [-0.4, -0.2) is 27.9 Å². The van der Waals surface area contributed by atoms with Gasteiger partial charge in [-0.25, -0.2) is 0 Å². The molecule has 52 heavy (non-hydrogen) atoms. The minimum Gasteiger partial charge on any atom is -0.668 e. The Morgan fingerprint density at radius 3 is 1.17 bits per heavy atom. The molecule has 3 heterocycles. The molecule has 3 aliphatic heterocycles. The van der Waals surface area contributed by atoms with E-state index < -0.39 is 16.5 Å². The second-order valence-corrected chi connectivity index (χ2v) is 24.4. The van der Waals surface area contributed by atoms with E-state index in [1.807, 2.05) is 52.0 Å². The normalized spacial score (nSPS) is 13.4. The standard InChI is InChI=1S/C36H34N4.C6H18NSi2.CH3.2Zn/c1-25-19-27(3)39-35-9-5-7-31(23-35)22-32-8-6-10-36(24-32)40-28(4)20-26(2)38-34-17-13-30(14-18-34)21-29-11-15-33(37-25)16-12-29;1-8(2,3)7-9(4,5)6;;;/h5-20,23-24H,21-22H2,1-4H3;1-6H3;1H3;;/q-2;2*-1;2*+2. The van der Waals surface area contributed by atoms with Crippen LogP contribution in [0.5, 0.6) is 0 Å². The average Bonchev–Trinajstić information content (AvgIpc) is 2.97. The molecule has 0 atom stereocenters. The van der Waals surface area contributed by atoms with Crippen molar-refractivity contribution in [1.82, 2.24) is 0 Å². The molecule has 8 bridgehead atoms. The number of nitrogens with zero attached hydrogens (tertiary/aromatic N) is 5. The Labute approximate surface area is 342 Å². The molecule has 0 aliphatic carbocycles. The molecule has 0 saturated carbocycles. The van der Waals surface area contributed by atoms with E-state index in [0.717, 1.165) is 58.4 Å². The van der Waals surface area contributed by atoms with Crippen LogP contribution < -0.4 is 0 Å². The number of aliphatic imine (C=N–C) groups is 2. The van der Waals surface area contributed by atoms with Gasteiger partial charge in [-0.3, -0.25) is 9.98 Å². The summed E-state index contributed by atoms with van der Waals surface area (Å²) in [5.74, 6) is 0. The molecule has 264 valence electrons. The summed E-state index contributed by atoms with van der Waals surface area (Å²) < 4.78 is 4.82. The van der Waals surface area contributed by atoms with Gasteiger partial charge in [-0.15, -0.1) is 11.4 Å². The summed E-state index contributed by atoms with van der Waals surface area (Å²) in [6.07, 6.45) is 5.72. The van der Waals surface area contributed by atoms with Crippen molar-refractivity contribution >= 4 is 50.6 Å². The smallest absolute Gasteiger partial charge is 0.668 e. The summed E-state index contributed by atoms with van der Waals surface area (Å²) in [6, 6.07) is 33.7. The predicted molar refractivity (Wildman–Crippen MR) is 227 cm³/mol. The molecule has 0 fully saturated rings. The SMILES string of the molecule is CC1=CC(C)=Nc2ccc(cc2)Cc2ccc(cc2)N=C(C)C=C(C)[N-]c2cccc(c2)Cc2cccc(c2)[N-]1.C[Si](C)(C)[N-][Si](C)(C)C.[CH3-].[Zn+2].[Zn+2]. The first-order valence-electron chi connectivity index (χ1n) is 17.1. The Balaban J connectivity index is 0.00000100. The Bertz CT molecular complexity index is 1700. The van der Waals surface area contributed by atoms with Gasteiger partial charge in [0.05, 0.1) is 11.4 Å². The molecular weight excluding hydrogens is 773 g/mol. The van der Waals surface area contributed by atoms with Crippen LogP contribution in [0.15, 0.2) is 131 Å². The fraction of sp³-hybridized carbons (Fsp3) is 0.279. The van der Waals surface area contributed by atoms with E-state index in [4.69, 9.17) is 25.3 Å². The van der Waals surface area contributed by atoms with Crippen LogP contribution in [0.4, 0.5) is 22.7 Å². The maximum Gasteiger partial charge on any atom is 2.00 e. The van der Waals surface area contributed by atoms with E-state index in [1.165, 1.54) is 22.3 Å². The van der Waals surface area contributed by atoms with Gasteiger partial charge in [-0.1, -0.05) is 155 Å². The molecule has 5 nitrogen and oxygen atoms in total. The molecule has 0 radical (unpaired) electrons. The zero-order chi connectivity index (χ0) is 35.6. The topological polar surface area (TPSA) is 67.0 Å². The molecule has 0 saturated heterocycles. The maximum atomic E-state index is 4.84. The summed E-state index contributed by atoms with van der Waals surface area (Å²) in [5, 5.41) is 9.67. The fourth-order valence-electron chi connectivity index (χ4n) is 5.87. The van der Waals surface area contributed by atoms with Gasteiger partial charge in [-0.2, -0.15) is 11.4 Å². The number of allylic oxidation sites excluding steroid dienone is 4. The molecule has 4 aromatic rings. The summed E-state index contributed by atoms with van der Waals surface area (Å²) in [4.78, 5) is 9.56. The number of hydrogen-bond donors (Lipinski definition) is 0. The second-order valence-electron chi connectivity index (χ2n) is 14.8. The van der Waals surface area contributed by atoms with Gasteiger partial charge in [0.15, 0.2) is 0 Å². The van der Waals surface area contributed by atoms with E-state index in [9.17, 15) is 0 Å². The maximum absolute atomic E-state index is 4.84. The van der Waals surface area contributed by atoms with Gasteiger partial charge in [0.2, 0.25) is 0 Å². The minimum atomic E-state index is -1.11. The van der Waals surface area contributed by atoms with Crippen molar-refractivity contribution in [2.24, 2.45) is 9.98 Å². The van der Waals surface area contributed by atoms with Gasteiger partial charge in [0, 0.05) is 11.4 Å². The summed E-state index contributed by atoms with van der Waals surface area (Å²) >= 11 is 0. The Kier molecular flexibility index (Phi) is 19.5. The van der Waals surface area contributed by atoms with E-state index in [0.29, 0.717) is 0 Å². The summed E-state index contributed by atoms with van der Waals surface area (Å²) in [7, 11) is -2.21. The summed E-state index contributed by atoms with van der Waals surface area (Å²) in [6.45, 7) is 21.8. The van der Waals surface area contributed by atoms with Crippen molar-refractivity contribution in [2.75, 3.05) is 0 Å². The molecule has 9 heteroatoms. The Morgan fingerprint density at radius 1 is 0.500 bits per heavy atom. The van der Waals surface area contributed by atoms with Crippen molar-refractivity contribution in [3.63, 3.8) is 0 Å². The molecule has 0 aromatic heterocycles. The first kappa shape index (κ1) is 47.0. The number of benzene rings is 4. The van der Waals surface area contributed by atoms with Gasteiger partial charge >= 0.3 is 39.0 Å². The Hall–Kier alpha value is -3.06. The molecular formula is C43H55N5Si2Zn2. The second kappa shape index (κ2) is 21.6. The molecule has 3 aliphatic rings. The molecule has 0 unspecified atom stereocenters. The van der Waals surface area contributed by atoms with E-state index >= 15 is 0 Å². The van der Waals surface area contributed by atoms with Crippen LogP contribution in [0, 0.1) is 7.43 Å². The van der Waals surface area contributed by atoms with Gasteiger partial charge in [0.25, 0.3) is 0 Å². The monoisotopic (exact) mass is 825 g/mol. The van der Waals surface area contributed by atoms with Crippen LogP contribution in [0.25, 0.3) is 15.3 Å². The molecule has 0 spiro atoms. The zero-order valence-electron chi connectivity index (χ0n) is 33.5. The van der Waals surface area contributed by atoms with Crippen molar-refractivity contribution < 1.29 is 39.0 Å². The average molecular weight is 829 g/mol. The fourth-order valence-corrected chi connectivity index (χ4v) is 13.9. The Morgan fingerprint density at radius 2 is 0.846 bits per heavy atom. The van der Waals surface area contributed by atoms with Gasteiger partial charge in [-0.05, 0) is 73.2 Å². The van der Waals surface area contributed by atoms with Crippen LogP contribution in [-0.2, 0) is 51.8 Å². The van der Waals surface area contributed by atoms with E-state index in [2.05, 4.69) is 124 Å². The number of hydrogen-bond acceptors (Lipinski definition) is 2. The minimum absolute atomic E-state index is 0. The zero-order valence-corrected chi connectivity index (χ0v) is 41.4. The van der Waals surface area contributed by atoms with Crippen LogP contribution >= 0.6 is 0 Å². The van der Waals surface area contributed by atoms with Crippen molar-refractivity contribution in [3.8, 4) is 0 Å². The third kappa shape index (κ3) is 17.6. The molecule has 4 aromatic carbocycles. The number of fused-ring (bicyclic) bond motifs is 2. The molecule has 7 rings (SSSR count). The predicted octanol–water partition coefficient (Wildman–Crippen LogP) is 14.1. The van der Waals surface area contributed by atoms with Crippen molar-refractivity contribution in [2.45, 2.75) is 79.8 Å². The van der Waals surface area contributed by atoms with Crippen LogP contribution in [0.3, 0.4) is 0 Å². The largest absolute Gasteiger partial charge is 2.00 e. The van der Waals surface area contributed by atoms with Crippen molar-refractivity contribution in [3.05, 3.63) is 166 Å². The van der Waals surface area contributed by atoms with Gasteiger partial charge < -0.3 is 22.7 Å². The van der Waals surface area contributed by atoms with Gasteiger partial charge in [0.1, 0.15) is 0 Å². The molecule has 0 N–H and O–H groups in total.